The topological polar surface area (TPSA) is 103 Å². The Morgan fingerprint density at radius 2 is 2.27 bits per heavy atom. The Morgan fingerprint density at radius 1 is 1.60 bits per heavy atom. The van der Waals surface area contributed by atoms with Gasteiger partial charge in [-0.1, -0.05) is 0 Å². The number of aliphatic hydroxyl groups is 2. The number of aliphatic hydroxyl groups excluding tert-OH is 2. The molecule has 0 radical (unpaired) electrons. The smallest absolute Gasteiger partial charge is 0.236 e. The molecule has 0 aliphatic rings. The molecule has 0 aliphatic carbocycles. The van der Waals surface area contributed by atoms with Gasteiger partial charge in [-0.3, -0.25) is 0 Å². The minimum atomic E-state index is -1.29. The highest BCUT2D eigenvalue weighted by atomic mass is 19.1. The van der Waals surface area contributed by atoms with Gasteiger partial charge < -0.3 is 15.9 Å². The van der Waals surface area contributed by atoms with Crippen LogP contribution in [0.25, 0.3) is 0 Å². The molecule has 15 heavy (non-hydrogen) atoms. The fourth-order valence-corrected chi connectivity index (χ4v) is 1.07. The number of nitrogen functional groups attached to an aromatic ring is 1. The molecule has 0 aliphatic heterocycles. The highest BCUT2D eigenvalue weighted by Crippen LogP contribution is 2.20. The number of nitriles is 1. The molecule has 1 aromatic heterocycles. The lowest BCUT2D eigenvalue weighted by Crippen LogP contribution is -2.18. The van der Waals surface area contributed by atoms with Crippen LogP contribution in [0.1, 0.15) is 18.1 Å². The van der Waals surface area contributed by atoms with E-state index < -0.39 is 18.2 Å². The molecule has 0 fully saturated rings. The van der Waals surface area contributed by atoms with Crippen molar-refractivity contribution in [1.29, 1.82) is 5.26 Å². The van der Waals surface area contributed by atoms with Gasteiger partial charge in [-0.2, -0.15) is 9.65 Å². The minimum absolute atomic E-state index is 0.177. The molecule has 2 atom stereocenters. The van der Waals surface area contributed by atoms with Crippen molar-refractivity contribution in [1.82, 2.24) is 4.98 Å². The first-order valence-corrected chi connectivity index (χ1v) is 4.20. The van der Waals surface area contributed by atoms with Gasteiger partial charge in [0.05, 0.1) is 24.3 Å². The highest BCUT2D eigenvalue weighted by Gasteiger charge is 2.19. The van der Waals surface area contributed by atoms with Gasteiger partial charge in [0.2, 0.25) is 5.95 Å². The number of anilines is 1. The summed E-state index contributed by atoms with van der Waals surface area (Å²) >= 11 is 0. The lowest BCUT2D eigenvalue weighted by molar-refractivity contribution is 0.0214. The molecule has 1 rings (SSSR count). The van der Waals surface area contributed by atoms with E-state index in [2.05, 4.69) is 4.98 Å². The molecule has 4 N–H and O–H groups in total. The van der Waals surface area contributed by atoms with Gasteiger partial charge in [0.25, 0.3) is 0 Å². The molecule has 0 saturated heterocycles. The lowest BCUT2D eigenvalue weighted by atomic mass is 10.0. The second kappa shape index (κ2) is 4.68. The van der Waals surface area contributed by atoms with Crippen LogP contribution in [0.5, 0.6) is 0 Å². The van der Waals surface area contributed by atoms with Crippen LogP contribution in [0.4, 0.5) is 10.1 Å². The number of aromatic nitrogens is 1. The van der Waals surface area contributed by atoms with E-state index in [1.165, 1.54) is 6.07 Å². The number of hydrogen-bond acceptors (Lipinski definition) is 5. The minimum Gasteiger partial charge on any atom is -0.395 e. The number of hydrogen-bond donors (Lipinski definition) is 3. The first kappa shape index (κ1) is 11.4. The molecule has 1 heterocycles. The second-order valence-electron chi connectivity index (χ2n) is 3.02. The number of halogens is 1. The van der Waals surface area contributed by atoms with Crippen molar-refractivity contribution < 1.29 is 14.6 Å². The Kier molecular flexibility index (Phi) is 3.55. The van der Waals surface area contributed by atoms with Gasteiger partial charge in [0.1, 0.15) is 6.10 Å². The van der Waals surface area contributed by atoms with E-state index in [1.54, 1.807) is 6.07 Å². The zero-order valence-electron chi connectivity index (χ0n) is 7.76. The molecule has 1 aromatic rings. The monoisotopic (exact) mass is 211 g/mol. The highest BCUT2D eigenvalue weighted by molar-refractivity contribution is 5.39. The third kappa shape index (κ3) is 2.62. The molecule has 6 heteroatoms. The van der Waals surface area contributed by atoms with Crippen molar-refractivity contribution in [3.63, 3.8) is 0 Å². The summed E-state index contributed by atoms with van der Waals surface area (Å²) in [5, 5.41) is 27.1. The van der Waals surface area contributed by atoms with Crippen LogP contribution in [0, 0.1) is 17.3 Å². The Labute approximate surface area is 85.6 Å². The van der Waals surface area contributed by atoms with E-state index in [9.17, 15) is 14.6 Å². The van der Waals surface area contributed by atoms with Crippen molar-refractivity contribution in [3.05, 3.63) is 23.8 Å². The fourth-order valence-electron chi connectivity index (χ4n) is 1.07. The van der Waals surface area contributed by atoms with Crippen LogP contribution in [0.2, 0.25) is 0 Å². The van der Waals surface area contributed by atoms with Crippen LogP contribution < -0.4 is 5.73 Å². The molecule has 5 nitrogen and oxygen atoms in total. The second-order valence-corrected chi connectivity index (χ2v) is 3.02. The fraction of sp³-hybridized carbons (Fsp3) is 0.333. The summed E-state index contributed by atoms with van der Waals surface area (Å²) in [5.74, 6) is -0.833. The van der Waals surface area contributed by atoms with Crippen molar-refractivity contribution in [2.75, 3.05) is 5.73 Å². The van der Waals surface area contributed by atoms with E-state index in [-0.39, 0.29) is 17.7 Å². The maximum absolute atomic E-state index is 12.7. The van der Waals surface area contributed by atoms with Crippen LogP contribution in [0.15, 0.2) is 12.3 Å². The van der Waals surface area contributed by atoms with Crippen LogP contribution in [-0.4, -0.2) is 21.3 Å². The van der Waals surface area contributed by atoms with E-state index >= 15 is 0 Å². The Bertz CT molecular complexity index is 391. The zero-order chi connectivity index (χ0) is 11.4. The maximum atomic E-state index is 12.7. The summed E-state index contributed by atoms with van der Waals surface area (Å²) < 4.78 is 12.7. The average Bonchev–Trinajstić information content (AvgIpc) is 2.21. The molecular weight excluding hydrogens is 201 g/mol. The standard InChI is InChI=1S/C9H10FN3O2/c10-9-6(12)3-5(4-13-9)8(15)7(14)1-2-11/h3-4,7-8,14-15H,1,12H2. The quantitative estimate of drug-likeness (QED) is 0.616. The molecular formula is C9H10FN3O2. The van der Waals surface area contributed by atoms with Gasteiger partial charge in [0.15, 0.2) is 0 Å². The maximum Gasteiger partial charge on any atom is 0.236 e. The summed E-state index contributed by atoms with van der Waals surface area (Å²) in [6.07, 6.45) is -1.68. The molecule has 2 unspecified atom stereocenters. The van der Waals surface area contributed by atoms with Gasteiger partial charge >= 0.3 is 0 Å². The molecule has 0 spiro atoms. The normalized spacial score (nSPS) is 14.3. The molecule has 0 aromatic carbocycles. The Morgan fingerprint density at radius 3 is 2.80 bits per heavy atom. The van der Waals surface area contributed by atoms with Crippen LogP contribution in [0.3, 0.4) is 0 Å². The average molecular weight is 211 g/mol. The van der Waals surface area contributed by atoms with Crippen molar-refractivity contribution in [2.24, 2.45) is 0 Å². The summed E-state index contributed by atoms with van der Waals surface area (Å²) in [6, 6.07) is 2.88. The van der Waals surface area contributed by atoms with Crippen LogP contribution in [-0.2, 0) is 0 Å². The zero-order valence-corrected chi connectivity index (χ0v) is 7.76. The predicted octanol–water partition coefficient (Wildman–Crippen LogP) is 0.111. The van der Waals surface area contributed by atoms with E-state index in [0.29, 0.717) is 0 Å². The Balaban J connectivity index is 2.87. The van der Waals surface area contributed by atoms with Gasteiger partial charge in [-0.15, -0.1) is 0 Å². The summed E-state index contributed by atoms with van der Waals surface area (Å²) in [6.45, 7) is 0. The lowest BCUT2D eigenvalue weighted by Gasteiger charge is -2.15. The SMILES string of the molecule is N#CCC(O)C(O)c1cnc(F)c(N)c1. The van der Waals surface area contributed by atoms with Crippen molar-refractivity contribution in [2.45, 2.75) is 18.6 Å². The van der Waals surface area contributed by atoms with Gasteiger partial charge in [-0.25, -0.2) is 4.98 Å². The largest absolute Gasteiger partial charge is 0.395 e. The van der Waals surface area contributed by atoms with Gasteiger partial charge in [0, 0.05) is 11.8 Å². The summed E-state index contributed by atoms with van der Waals surface area (Å²) in [7, 11) is 0. The molecule has 80 valence electrons. The third-order valence-electron chi connectivity index (χ3n) is 1.89. The van der Waals surface area contributed by atoms with Crippen LogP contribution >= 0.6 is 0 Å². The van der Waals surface area contributed by atoms with Crippen molar-refractivity contribution in [3.8, 4) is 6.07 Å². The first-order chi connectivity index (χ1) is 7.06. The van der Waals surface area contributed by atoms with E-state index in [4.69, 9.17) is 11.0 Å². The molecule has 0 bridgehead atoms. The summed E-state index contributed by atoms with van der Waals surface area (Å²) in [5.41, 5.74) is 5.20. The third-order valence-corrected chi connectivity index (χ3v) is 1.89. The van der Waals surface area contributed by atoms with E-state index in [0.717, 1.165) is 6.20 Å². The predicted molar refractivity (Wildman–Crippen MR) is 49.8 cm³/mol. The summed E-state index contributed by atoms with van der Waals surface area (Å²) in [4.78, 5) is 3.30. The first-order valence-electron chi connectivity index (χ1n) is 4.20. The molecule has 0 saturated carbocycles. The Hall–Kier alpha value is -1.71. The molecule has 0 amide bonds. The van der Waals surface area contributed by atoms with Crippen molar-refractivity contribution >= 4 is 5.69 Å². The van der Waals surface area contributed by atoms with E-state index in [1.807, 2.05) is 0 Å². The van der Waals surface area contributed by atoms with Gasteiger partial charge in [-0.05, 0) is 6.07 Å². The number of rotatable bonds is 3. The number of nitrogens with zero attached hydrogens (tertiary/aromatic N) is 2. The number of pyridine rings is 1. The number of nitrogens with two attached hydrogens (primary N) is 1.